The van der Waals surface area contributed by atoms with E-state index in [0.717, 1.165) is 17.7 Å². The van der Waals surface area contributed by atoms with Crippen molar-refractivity contribution in [3.05, 3.63) is 106 Å². The zero-order chi connectivity index (χ0) is 24.3. The van der Waals surface area contributed by atoms with Crippen LogP contribution in [0.2, 0.25) is 0 Å². The number of hydrogen-bond donors (Lipinski definition) is 1. The Balaban J connectivity index is 1.65. The summed E-state index contributed by atoms with van der Waals surface area (Å²) in [6.45, 7) is 0.260. The fourth-order valence-electron chi connectivity index (χ4n) is 3.06. The number of rotatable bonds is 6. The van der Waals surface area contributed by atoms with E-state index in [1.165, 1.54) is 0 Å². The first-order valence-electron chi connectivity index (χ1n) is 9.92. The minimum Gasteiger partial charge on any atom is -0.485 e. The summed E-state index contributed by atoms with van der Waals surface area (Å²) in [6.07, 6.45) is -4.33. The van der Waals surface area contributed by atoms with Crippen molar-refractivity contribution < 1.29 is 27.0 Å². The molecule has 0 aliphatic rings. The van der Waals surface area contributed by atoms with E-state index in [4.69, 9.17) is 15.2 Å². The van der Waals surface area contributed by atoms with Crippen molar-refractivity contribution in [2.75, 3.05) is 5.73 Å². The first kappa shape index (κ1) is 22.8. The summed E-state index contributed by atoms with van der Waals surface area (Å²) in [4.78, 5) is 12.2. The van der Waals surface area contributed by atoms with Gasteiger partial charge in [-0.25, -0.2) is 4.39 Å². The summed E-state index contributed by atoms with van der Waals surface area (Å²) in [5, 5.41) is 3.46. The van der Waals surface area contributed by atoms with Gasteiger partial charge in [0.25, 0.3) is 5.56 Å². The van der Waals surface area contributed by atoms with Crippen molar-refractivity contribution in [3.8, 4) is 22.9 Å². The van der Waals surface area contributed by atoms with Gasteiger partial charge >= 0.3 is 6.18 Å². The topological polar surface area (TPSA) is 79.4 Å². The van der Waals surface area contributed by atoms with Crippen molar-refractivity contribution in [2.24, 2.45) is 0 Å². The number of nitrogen functional groups attached to an aromatic ring is 1. The van der Waals surface area contributed by atoms with E-state index < -0.39 is 28.8 Å². The normalized spacial score (nSPS) is 11.3. The molecule has 3 aromatic carbocycles. The highest BCUT2D eigenvalue weighted by Crippen LogP contribution is 2.36. The Labute approximate surface area is 190 Å². The number of anilines is 1. The van der Waals surface area contributed by atoms with Gasteiger partial charge in [0.05, 0.1) is 17.4 Å². The zero-order valence-electron chi connectivity index (χ0n) is 17.4. The molecular weight excluding hydrogens is 454 g/mol. The Hall–Kier alpha value is -4.34. The molecule has 0 radical (unpaired) electrons. The first-order valence-corrected chi connectivity index (χ1v) is 9.92. The van der Waals surface area contributed by atoms with Crippen LogP contribution in [0.3, 0.4) is 0 Å². The van der Waals surface area contributed by atoms with Crippen LogP contribution in [0, 0.1) is 5.82 Å². The maximum atomic E-state index is 14.6. The molecule has 4 rings (SSSR count). The van der Waals surface area contributed by atoms with E-state index in [1.54, 1.807) is 24.3 Å². The van der Waals surface area contributed by atoms with E-state index in [1.807, 2.05) is 30.3 Å². The summed E-state index contributed by atoms with van der Waals surface area (Å²) in [5.74, 6) is -0.370. The molecule has 0 spiro atoms. The van der Waals surface area contributed by atoms with Gasteiger partial charge in [-0.3, -0.25) is 4.79 Å². The highest BCUT2D eigenvalue weighted by Gasteiger charge is 2.32. The molecule has 0 atom stereocenters. The van der Waals surface area contributed by atoms with Crippen LogP contribution in [0.1, 0.15) is 11.1 Å². The number of benzene rings is 3. The van der Waals surface area contributed by atoms with E-state index in [-0.39, 0.29) is 23.8 Å². The molecule has 1 heterocycles. The SMILES string of the molecule is Nc1cc(F)c(-n2ncc(C(F)(F)F)cc2=O)cc1Oc1ccccc1OCc1ccccc1. The summed E-state index contributed by atoms with van der Waals surface area (Å²) >= 11 is 0. The minimum atomic E-state index is -4.76. The van der Waals surface area contributed by atoms with Crippen molar-refractivity contribution in [1.29, 1.82) is 0 Å². The third-order valence-electron chi connectivity index (χ3n) is 4.74. The number of ether oxygens (including phenoxy) is 2. The molecule has 0 bridgehead atoms. The van der Waals surface area contributed by atoms with E-state index in [2.05, 4.69) is 5.10 Å². The van der Waals surface area contributed by atoms with Gasteiger partial charge in [0.15, 0.2) is 23.1 Å². The highest BCUT2D eigenvalue weighted by atomic mass is 19.4. The summed E-state index contributed by atoms with van der Waals surface area (Å²) < 4.78 is 65.2. The summed E-state index contributed by atoms with van der Waals surface area (Å²) in [6, 6.07) is 18.4. The third-order valence-corrected chi connectivity index (χ3v) is 4.74. The molecule has 0 aliphatic carbocycles. The monoisotopic (exact) mass is 471 g/mol. The van der Waals surface area contributed by atoms with Gasteiger partial charge < -0.3 is 15.2 Å². The van der Waals surface area contributed by atoms with E-state index in [0.29, 0.717) is 22.7 Å². The number of halogens is 4. The number of nitrogens with zero attached hydrogens (tertiary/aromatic N) is 2. The molecule has 6 nitrogen and oxygen atoms in total. The number of alkyl halides is 3. The molecule has 174 valence electrons. The van der Waals surface area contributed by atoms with Crippen LogP contribution < -0.4 is 20.8 Å². The molecule has 0 saturated carbocycles. The Morgan fingerprint density at radius 2 is 1.59 bits per heavy atom. The van der Waals surface area contributed by atoms with Gasteiger partial charge in [-0.05, 0) is 17.7 Å². The average molecular weight is 471 g/mol. The Morgan fingerprint density at radius 1 is 0.912 bits per heavy atom. The smallest absolute Gasteiger partial charge is 0.418 e. The first-order chi connectivity index (χ1) is 16.2. The number of aromatic nitrogens is 2. The van der Waals surface area contributed by atoms with Crippen LogP contribution in [-0.2, 0) is 12.8 Å². The fourth-order valence-corrected chi connectivity index (χ4v) is 3.06. The van der Waals surface area contributed by atoms with Gasteiger partial charge in [-0.1, -0.05) is 42.5 Å². The van der Waals surface area contributed by atoms with Gasteiger partial charge in [0.2, 0.25) is 0 Å². The Bertz CT molecular complexity index is 1370. The average Bonchev–Trinajstić information content (AvgIpc) is 2.80. The largest absolute Gasteiger partial charge is 0.485 e. The zero-order valence-corrected chi connectivity index (χ0v) is 17.4. The second-order valence-electron chi connectivity index (χ2n) is 7.16. The molecule has 34 heavy (non-hydrogen) atoms. The number of hydrogen-bond acceptors (Lipinski definition) is 5. The van der Waals surface area contributed by atoms with Crippen LogP contribution in [-0.4, -0.2) is 9.78 Å². The molecule has 4 aromatic rings. The quantitative estimate of drug-likeness (QED) is 0.303. The minimum absolute atomic E-state index is 0.0410. The van der Waals surface area contributed by atoms with Crippen LogP contribution in [0.25, 0.3) is 5.69 Å². The Kier molecular flexibility index (Phi) is 6.22. The number of para-hydroxylation sites is 2. The van der Waals surface area contributed by atoms with Crippen molar-refractivity contribution in [2.45, 2.75) is 12.8 Å². The maximum Gasteiger partial charge on any atom is 0.418 e. The van der Waals surface area contributed by atoms with E-state index in [9.17, 15) is 22.4 Å². The molecule has 0 amide bonds. The van der Waals surface area contributed by atoms with E-state index >= 15 is 0 Å². The molecule has 0 fully saturated rings. The van der Waals surface area contributed by atoms with Crippen LogP contribution >= 0.6 is 0 Å². The molecule has 10 heteroatoms. The van der Waals surface area contributed by atoms with Crippen LogP contribution in [0.15, 0.2) is 83.8 Å². The van der Waals surface area contributed by atoms with Crippen molar-refractivity contribution in [3.63, 3.8) is 0 Å². The van der Waals surface area contributed by atoms with Crippen molar-refractivity contribution >= 4 is 5.69 Å². The lowest BCUT2D eigenvalue weighted by Crippen LogP contribution is -2.24. The van der Waals surface area contributed by atoms with Gasteiger partial charge in [-0.2, -0.15) is 23.0 Å². The summed E-state index contributed by atoms with van der Waals surface area (Å²) in [7, 11) is 0. The molecule has 0 unspecified atom stereocenters. The fraction of sp³-hybridized carbons (Fsp3) is 0.0833. The maximum absolute atomic E-state index is 14.6. The molecule has 2 N–H and O–H groups in total. The van der Waals surface area contributed by atoms with Crippen molar-refractivity contribution in [1.82, 2.24) is 9.78 Å². The predicted octanol–water partition coefficient (Wildman–Crippen LogP) is 5.34. The van der Waals surface area contributed by atoms with Gasteiger partial charge in [-0.15, -0.1) is 0 Å². The standard InChI is InChI=1S/C24H17F4N3O3/c25-17-11-18(29)22(12-19(17)31-23(32)10-16(13-30-31)24(26,27)28)34-21-9-5-4-8-20(21)33-14-15-6-2-1-3-7-15/h1-13H,14,29H2. The van der Waals surface area contributed by atoms with Gasteiger partial charge in [0.1, 0.15) is 12.3 Å². The van der Waals surface area contributed by atoms with Gasteiger partial charge in [0, 0.05) is 18.2 Å². The molecular formula is C24H17F4N3O3. The Morgan fingerprint density at radius 3 is 2.26 bits per heavy atom. The second kappa shape index (κ2) is 9.26. The van der Waals surface area contributed by atoms with Crippen LogP contribution in [0.4, 0.5) is 23.2 Å². The lowest BCUT2D eigenvalue weighted by atomic mass is 10.2. The lowest BCUT2D eigenvalue weighted by Gasteiger charge is -2.15. The highest BCUT2D eigenvalue weighted by molar-refractivity contribution is 5.60. The molecule has 0 saturated heterocycles. The predicted molar refractivity (Wildman–Crippen MR) is 116 cm³/mol. The number of nitrogens with two attached hydrogens (primary N) is 1. The lowest BCUT2D eigenvalue weighted by molar-refractivity contribution is -0.138. The third kappa shape index (κ3) is 5.01. The molecule has 0 aliphatic heterocycles. The van der Waals surface area contributed by atoms with Crippen LogP contribution in [0.5, 0.6) is 17.2 Å². The second-order valence-corrected chi connectivity index (χ2v) is 7.16. The summed E-state index contributed by atoms with van der Waals surface area (Å²) in [5.41, 5.74) is 3.87. The molecule has 1 aromatic heterocycles.